The quantitative estimate of drug-likeness (QED) is 0.544. The third-order valence-corrected chi connectivity index (χ3v) is 3.09. The third-order valence-electron chi connectivity index (χ3n) is 3.09. The molecule has 72 valence electrons. The van der Waals surface area contributed by atoms with Crippen molar-refractivity contribution in [3.8, 4) is 0 Å². The van der Waals surface area contributed by atoms with Crippen LogP contribution in [-0.2, 0) is 9.59 Å². The lowest BCUT2D eigenvalue weighted by Crippen LogP contribution is -2.43. The molecule has 3 unspecified atom stereocenters. The minimum Gasteiger partial charge on any atom is -0.351 e. The van der Waals surface area contributed by atoms with E-state index in [1.165, 1.54) is 19.9 Å². The van der Waals surface area contributed by atoms with Crippen LogP contribution < -0.4 is 10.6 Å². The summed E-state index contributed by atoms with van der Waals surface area (Å²) in [6.45, 7) is 0. The molecule has 2 N–H and O–H groups in total. The van der Waals surface area contributed by atoms with E-state index in [2.05, 4.69) is 10.6 Å². The predicted molar refractivity (Wildman–Crippen MR) is 46.8 cm³/mol. The Morgan fingerprint density at radius 3 is 2.46 bits per heavy atom. The molecule has 2 saturated carbocycles. The monoisotopic (exact) mass is 182 g/mol. The lowest BCUT2D eigenvalue weighted by Gasteiger charge is -2.12. The number of amides is 2. The average Bonchev–Trinajstić information content (AvgIpc) is 2.82. The second-order valence-electron chi connectivity index (χ2n) is 3.90. The van der Waals surface area contributed by atoms with Crippen LogP contribution in [0.25, 0.3) is 0 Å². The van der Waals surface area contributed by atoms with Gasteiger partial charge in [0.2, 0.25) is 0 Å². The minimum atomic E-state index is -0.538. The fourth-order valence-electron chi connectivity index (χ4n) is 2.23. The van der Waals surface area contributed by atoms with Crippen LogP contribution in [0, 0.1) is 11.8 Å². The van der Waals surface area contributed by atoms with Crippen molar-refractivity contribution < 1.29 is 9.59 Å². The summed E-state index contributed by atoms with van der Waals surface area (Å²) in [6, 6.07) is 0.259. The molecule has 4 heteroatoms. The van der Waals surface area contributed by atoms with Crippen molar-refractivity contribution in [3.05, 3.63) is 0 Å². The van der Waals surface area contributed by atoms with Crippen molar-refractivity contribution in [3.63, 3.8) is 0 Å². The highest BCUT2D eigenvalue weighted by Gasteiger charge is 2.48. The number of hydrogen-bond donors (Lipinski definition) is 2. The van der Waals surface area contributed by atoms with Gasteiger partial charge in [0.25, 0.3) is 0 Å². The molecule has 0 aromatic carbocycles. The van der Waals surface area contributed by atoms with Crippen molar-refractivity contribution in [2.75, 3.05) is 7.05 Å². The molecule has 2 fully saturated rings. The van der Waals surface area contributed by atoms with Crippen LogP contribution in [0.5, 0.6) is 0 Å². The fourth-order valence-corrected chi connectivity index (χ4v) is 2.23. The zero-order valence-electron chi connectivity index (χ0n) is 7.67. The van der Waals surface area contributed by atoms with E-state index in [0.29, 0.717) is 5.92 Å². The largest absolute Gasteiger partial charge is 0.351 e. The van der Waals surface area contributed by atoms with E-state index in [1.54, 1.807) is 0 Å². The van der Waals surface area contributed by atoms with Crippen molar-refractivity contribution in [1.82, 2.24) is 10.6 Å². The van der Waals surface area contributed by atoms with Gasteiger partial charge in [-0.05, 0) is 31.1 Å². The molecule has 0 saturated heterocycles. The van der Waals surface area contributed by atoms with E-state index >= 15 is 0 Å². The molecule has 0 heterocycles. The zero-order valence-corrected chi connectivity index (χ0v) is 7.67. The molecule has 2 rings (SSSR count). The van der Waals surface area contributed by atoms with Gasteiger partial charge in [0.15, 0.2) is 0 Å². The Hall–Kier alpha value is -1.06. The normalized spacial score (nSPS) is 35.0. The summed E-state index contributed by atoms with van der Waals surface area (Å²) in [6.07, 6.45) is 3.49. The van der Waals surface area contributed by atoms with Gasteiger partial charge in [-0.15, -0.1) is 0 Å². The average molecular weight is 182 g/mol. The maximum absolute atomic E-state index is 11.2. The second kappa shape index (κ2) is 3.01. The molecule has 0 radical (unpaired) electrons. The van der Waals surface area contributed by atoms with E-state index in [-0.39, 0.29) is 6.04 Å². The van der Waals surface area contributed by atoms with Gasteiger partial charge in [-0.1, -0.05) is 0 Å². The standard InChI is InChI=1S/C9H14N2O2/c1-10-8(12)9(13)11-7-3-2-5-4-6(5)7/h5-7H,2-4H2,1H3,(H,10,12)(H,11,13). The van der Waals surface area contributed by atoms with Crippen LogP contribution >= 0.6 is 0 Å². The summed E-state index contributed by atoms with van der Waals surface area (Å²) in [5.74, 6) is 0.466. The summed E-state index contributed by atoms with van der Waals surface area (Å²) in [4.78, 5) is 22.1. The molecule has 0 spiro atoms. The summed E-state index contributed by atoms with van der Waals surface area (Å²) < 4.78 is 0. The molecule has 3 atom stereocenters. The van der Waals surface area contributed by atoms with Crippen LogP contribution in [0.1, 0.15) is 19.3 Å². The first kappa shape index (κ1) is 8.53. The Morgan fingerprint density at radius 2 is 2.00 bits per heavy atom. The Balaban J connectivity index is 1.83. The SMILES string of the molecule is CNC(=O)C(=O)NC1CCC2CC21. The fraction of sp³-hybridized carbons (Fsp3) is 0.778. The second-order valence-corrected chi connectivity index (χ2v) is 3.90. The van der Waals surface area contributed by atoms with Crippen molar-refractivity contribution in [1.29, 1.82) is 0 Å². The number of carbonyl (C=O) groups excluding carboxylic acids is 2. The maximum atomic E-state index is 11.2. The number of rotatable bonds is 1. The first-order valence-corrected chi connectivity index (χ1v) is 4.75. The number of carbonyl (C=O) groups is 2. The summed E-state index contributed by atoms with van der Waals surface area (Å²) in [5.41, 5.74) is 0. The molecule has 13 heavy (non-hydrogen) atoms. The highest BCUT2D eigenvalue weighted by molar-refractivity contribution is 6.35. The Kier molecular flexibility index (Phi) is 1.98. The molecule has 4 nitrogen and oxygen atoms in total. The molecule has 2 aliphatic rings. The van der Waals surface area contributed by atoms with Gasteiger partial charge in [0.05, 0.1) is 0 Å². The van der Waals surface area contributed by atoms with Crippen molar-refractivity contribution in [2.24, 2.45) is 11.8 Å². The van der Waals surface area contributed by atoms with Crippen LogP contribution in [0.3, 0.4) is 0 Å². The van der Waals surface area contributed by atoms with E-state index in [4.69, 9.17) is 0 Å². The van der Waals surface area contributed by atoms with Crippen LogP contribution in [0.2, 0.25) is 0 Å². The third kappa shape index (κ3) is 1.53. The van der Waals surface area contributed by atoms with Gasteiger partial charge in [0.1, 0.15) is 0 Å². The number of likely N-dealkylation sites (N-methyl/N-ethyl adjacent to an activating group) is 1. The summed E-state index contributed by atoms with van der Waals surface area (Å²) in [5, 5.41) is 5.09. The van der Waals surface area contributed by atoms with E-state index in [0.717, 1.165) is 12.3 Å². The number of hydrogen-bond acceptors (Lipinski definition) is 2. The van der Waals surface area contributed by atoms with Crippen LogP contribution in [0.15, 0.2) is 0 Å². The first-order valence-electron chi connectivity index (χ1n) is 4.75. The van der Waals surface area contributed by atoms with Gasteiger partial charge >= 0.3 is 11.8 Å². The van der Waals surface area contributed by atoms with Crippen molar-refractivity contribution in [2.45, 2.75) is 25.3 Å². The van der Waals surface area contributed by atoms with E-state index < -0.39 is 11.8 Å². The maximum Gasteiger partial charge on any atom is 0.309 e. The summed E-state index contributed by atoms with van der Waals surface area (Å²) >= 11 is 0. The molecular formula is C9H14N2O2. The first-order chi connectivity index (χ1) is 6.22. The van der Waals surface area contributed by atoms with E-state index in [9.17, 15) is 9.59 Å². The smallest absolute Gasteiger partial charge is 0.309 e. The van der Waals surface area contributed by atoms with Gasteiger partial charge in [-0.25, -0.2) is 0 Å². The van der Waals surface area contributed by atoms with Gasteiger partial charge < -0.3 is 10.6 Å². The summed E-state index contributed by atoms with van der Waals surface area (Å²) in [7, 11) is 1.47. The Labute approximate surface area is 77.1 Å². The topological polar surface area (TPSA) is 58.2 Å². The molecule has 0 bridgehead atoms. The number of fused-ring (bicyclic) bond motifs is 1. The molecular weight excluding hydrogens is 168 g/mol. The van der Waals surface area contributed by atoms with Crippen LogP contribution in [-0.4, -0.2) is 24.9 Å². The Bertz CT molecular complexity index is 252. The highest BCUT2D eigenvalue weighted by atomic mass is 16.2. The lowest BCUT2D eigenvalue weighted by molar-refractivity contribution is -0.139. The molecule has 0 aromatic heterocycles. The number of nitrogens with one attached hydrogen (secondary N) is 2. The molecule has 0 aliphatic heterocycles. The molecule has 2 amide bonds. The molecule has 2 aliphatic carbocycles. The van der Waals surface area contributed by atoms with Crippen molar-refractivity contribution >= 4 is 11.8 Å². The minimum absolute atomic E-state index is 0.259. The van der Waals surface area contributed by atoms with Gasteiger partial charge in [-0.3, -0.25) is 9.59 Å². The van der Waals surface area contributed by atoms with Crippen LogP contribution in [0.4, 0.5) is 0 Å². The highest BCUT2D eigenvalue weighted by Crippen LogP contribution is 2.51. The lowest BCUT2D eigenvalue weighted by atomic mass is 10.2. The van der Waals surface area contributed by atoms with Gasteiger partial charge in [0, 0.05) is 13.1 Å². The van der Waals surface area contributed by atoms with E-state index in [1.807, 2.05) is 0 Å². The molecule has 0 aromatic rings. The zero-order chi connectivity index (χ0) is 9.42. The predicted octanol–water partition coefficient (Wildman–Crippen LogP) is -0.353. The van der Waals surface area contributed by atoms with Gasteiger partial charge in [-0.2, -0.15) is 0 Å². The Morgan fingerprint density at radius 1 is 1.23 bits per heavy atom.